The van der Waals surface area contributed by atoms with Crippen LogP contribution in [0.1, 0.15) is 5.56 Å². The molecule has 0 aliphatic carbocycles. The molecule has 6 heteroatoms. The molecular weight excluding hydrogens is 290 g/mol. The van der Waals surface area contributed by atoms with Gasteiger partial charge in [-0.05, 0) is 12.1 Å². The first-order chi connectivity index (χ1) is 10.1. The molecule has 1 fully saturated rings. The number of benzene rings is 1. The van der Waals surface area contributed by atoms with Gasteiger partial charge in [0.1, 0.15) is 11.8 Å². The van der Waals surface area contributed by atoms with Gasteiger partial charge in [-0.2, -0.15) is 11.8 Å². The molecule has 1 aromatic rings. The fraction of sp³-hybridized carbons (Fsp3) is 0.333. The van der Waals surface area contributed by atoms with Crippen LogP contribution in [0.3, 0.4) is 0 Å². The van der Waals surface area contributed by atoms with E-state index in [1.807, 2.05) is 24.3 Å². The van der Waals surface area contributed by atoms with Crippen molar-refractivity contribution in [3.8, 4) is 5.75 Å². The van der Waals surface area contributed by atoms with Crippen LogP contribution in [0.25, 0.3) is 6.08 Å². The second-order valence-electron chi connectivity index (χ2n) is 4.54. The maximum atomic E-state index is 12.2. The van der Waals surface area contributed by atoms with Crippen LogP contribution in [0, 0.1) is 0 Å². The number of amides is 1. The summed E-state index contributed by atoms with van der Waals surface area (Å²) in [5.41, 5.74) is 0.784. The second kappa shape index (κ2) is 7.17. The Labute approximate surface area is 127 Å². The van der Waals surface area contributed by atoms with Gasteiger partial charge in [-0.25, -0.2) is 4.79 Å². The number of hydrogen-bond acceptors (Lipinski definition) is 4. The molecular formula is C15H17NO4S. The molecule has 1 aliphatic rings. The van der Waals surface area contributed by atoms with Gasteiger partial charge < -0.3 is 14.7 Å². The molecule has 1 aromatic carbocycles. The number of thioether (sulfide) groups is 1. The zero-order valence-corrected chi connectivity index (χ0v) is 12.5. The van der Waals surface area contributed by atoms with Crippen LogP contribution in [-0.4, -0.2) is 53.1 Å². The van der Waals surface area contributed by atoms with E-state index < -0.39 is 12.0 Å². The molecule has 0 saturated carbocycles. The Kier molecular flexibility index (Phi) is 5.27. The molecule has 0 radical (unpaired) electrons. The number of nitrogens with zero attached hydrogens (tertiary/aromatic N) is 1. The number of rotatable bonds is 4. The van der Waals surface area contributed by atoms with E-state index >= 15 is 0 Å². The van der Waals surface area contributed by atoms with Gasteiger partial charge in [0.25, 0.3) is 0 Å². The molecule has 1 unspecified atom stereocenters. The predicted molar refractivity (Wildman–Crippen MR) is 82.5 cm³/mol. The first kappa shape index (κ1) is 15.4. The number of carbonyl (C=O) groups is 2. The quantitative estimate of drug-likeness (QED) is 0.858. The van der Waals surface area contributed by atoms with Crippen molar-refractivity contribution in [1.82, 2.24) is 4.90 Å². The highest BCUT2D eigenvalue weighted by molar-refractivity contribution is 7.99. The highest BCUT2D eigenvalue weighted by Gasteiger charge is 2.31. The first-order valence-corrected chi connectivity index (χ1v) is 7.71. The highest BCUT2D eigenvalue weighted by atomic mass is 32.2. The van der Waals surface area contributed by atoms with Crippen LogP contribution >= 0.6 is 11.8 Å². The normalized spacial score (nSPS) is 18.7. The third kappa shape index (κ3) is 3.78. The number of methoxy groups -OCH3 is 1. The molecule has 1 saturated heterocycles. The number of carboxylic acids is 1. The van der Waals surface area contributed by atoms with E-state index in [1.54, 1.807) is 24.9 Å². The largest absolute Gasteiger partial charge is 0.496 e. The van der Waals surface area contributed by atoms with Gasteiger partial charge in [0.15, 0.2) is 0 Å². The van der Waals surface area contributed by atoms with Crippen molar-refractivity contribution in [1.29, 1.82) is 0 Å². The molecule has 0 spiro atoms. The molecule has 21 heavy (non-hydrogen) atoms. The first-order valence-electron chi connectivity index (χ1n) is 6.55. The summed E-state index contributed by atoms with van der Waals surface area (Å²) >= 11 is 1.55. The van der Waals surface area contributed by atoms with Gasteiger partial charge >= 0.3 is 5.97 Å². The van der Waals surface area contributed by atoms with Gasteiger partial charge in [0, 0.05) is 29.7 Å². The van der Waals surface area contributed by atoms with E-state index in [0.29, 0.717) is 18.0 Å². The summed E-state index contributed by atoms with van der Waals surface area (Å²) in [4.78, 5) is 24.8. The molecule has 0 aromatic heterocycles. The summed E-state index contributed by atoms with van der Waals surface area (Å²) in [6, 6.07) is 6.59. The Hall–Kier alpha value is -1.95. The number of hydrogen-bond donors (Lipinski definition) is 1. The smallest absolute Gasteiger partial charge is 0.327 e. The minimum absolute atomic E-state index is 0.284. The van der Waals surface area contributed by atoms with Gasteiger partial charge in [0.05, 0.1) is 7.11 Å². The zero-order chi connectivity index (χ0) is 15.2. The SMILES string of the molecule is COc1ccccc1/C=C/C(=O)N1CCSCC1C(=O)O. The molecule has 1 aliphatic heterocycles. The maximum absolute atomic E-state index is 12.2. The van der Waals surface area contributed by atoms with Gasteiger partial charge in [-0.3, -0.25) is 4.79 Å². The third-order valence-corrected chi connectivity index (χ3v) is 4.26. The Morgan fingerprint density at radius 1 is 1.43 bits per heavy atom. The number of carboxylic acid groups (broad SMARTS) is 1. The van der Waals surface area contributed by atoms with Crippen molar-refractivity contribution >= 4 is 29.7 Å². The Morgan fingerprint density at radius 2 is 2.19 bits per heavy atom. The molecule has 1 heterocycles. The molecule has 5 nitrogen and oxygen atoms in total. The van der Waals surface area contributed by atoms with E-state index in [2.05, 4.69) is 0 Å². The van der Waals surface area contributed by atoms with Crippen molar-refractivity contribution < 1.29 is 19.4 Å². The van der Waals surface area contributed by atoms with Crippen LogP contribution in [0.15, 0.2) is 30.3 Å². The summed E-state index contributed by atoms with van der Waals surface area (Å²) in [7, 11) is 1.57. The Morgan fingerprint density at radius 3 is 2.90 bits per heavy atom. The van der Waals surface area contributed by atoms with Crippen LogP contribution in [0.5, 0.6) is 5.75 Å². The number of ether oxygens (including phenoxy) is 1. The number of para-hydroxylation sites is 1. The van der Waals surface area contributed by atoms with Crippen molar-refractivity contribution in [2.24, 2.45) is 0 Å². The lowest BCUT2D eigenvalue weighted by molar-refractivity contribution is -0.147. The minimum Gasteiger partial charge on any atom is -0.496 e. The molecule has 1 atom stereocenters. The van der Waals surface area contributed by atoms with Crippen molar-refractivity contribution in [3.63, 3.8) is 0 Å². The lowest BCUT2D eigenvalue weighted by Crippen LogP contribution is -2.49. The topological polar surface area (TPSA) is 66.8 Å². The summed E-state index contributed by atoms with van der Waals surface area (Å²) in [6.07, 6.45) is 3.06. The highest BCUT2D eigenvalue weighted by Crippen LogP contribution is 2.20. The summed E-state index contributed by atoms with van der Waals surface area (Å²) in [5.74, 6) is 0.627. The molecule has 1 N–H and O–H groups in total. The maximum Gasteiger partial charge on any atom is 0.327 e. The average molecular weight is 307 g/mol. The Bertz CT molecular complexity index is 558. The van der Waals surface area contributed by atoms with Crippen LogP contribution in [0.2, 0.25) is 0 Å². The van der Waals surface area contributed by atoms with Gasteiger partial charge in [-0.1, -0.05) is 18.2 Å². The van der Waals surface area contributed by atoms with Crippen LogP contribution in [0.4, 0.5) is 0 Å². The standard InChI is InChI=1S/C15H17NO4S/c1-20-13-5-3-2-4-11(13)6-7-14(17)16-8-9-21-10-12(16)15(18)19/h2-7,12H,8-10H2,1H3,(H,18,19)/b7-6+. The molecule has 2 rings (SSSR count). The fourth-order valence-electron chi connectivity index (χ4n) is 2.13. The van der Waals surface area contributed by atoms with Crippen LogP contribution < -0.4 is 4.74 Å². The summed E-state index contributed by atoms with van der Waals surface area (Å²) < 4.78 is 5.21. The van der Waals surface area contributed by atoms with Crippen molar-refractivity contribution in [2.75, 3.05) is 25.2 Å². The number of aliphatic carboxylic acids is 1. The van der Waals surface area contributed by atoms with Gasteiger partial charge in [-0.15, -0.1) is 0 Å². The minimum atomic E-state index is -0.957. The van der Waals surface area contributed by atoms with Crippen molar-refractivity contribution in [3.05, 3.63) is 35.9 Å². The van der Waals surface area contributed by atoms with E-state index in [9.17, 15) is 14.7 Å². The van der Waals surface area contributed by atoms with E-state index in [4.69, 9.17) is 4.74 Å². The average Bonchev–Trinajstić information content (AvgIpc) is 2.52. The fourth-order valence-corrected chi connectivity index (χ4v) is 3.17. The molecule has 0 bridgehead atoms. The van der Waals surface area contributed by atoms with E-state index in [-0.39, 0.29) is 5.91 Å². The Balaban J connectivity index is 2.12. The predicted octanol–water partition coefficient (Wildman–Crippen LogP) is 1.74. The second-order valence-corrected chi connectivity index (χ2v) is 5.69. The number of carbonyl (C=O) groups excluding carboxylic acids is 1. The van der Waals surface area contributed by atoms with Crippen molar-refractivity contribution in [2.45, 2.75) is 6.04 Å². The van der Waals surface area contributed by atoms with Gasteiger partial charge in [0.2, 0.25) is 5.91 Å². The zero-order valence-electron chi connectivity index (χ0n) is 11.7. The van der Waals surface area contributed by atoms with E-state index in [0.717, 1.165) is 11.3 Å². The molecule has 112 valence electrons. The van der Waals surface area contributed by atoms with Crippen LogP contribution in [-0.2, 0) is 9.59 Å². The molecule has 1 amide bonds. The summed E-state index contributed by atoms with van der Waals surface area (Å²) in [5, 5.41) is 9.17. The van der Waals surface area contributed by atoms with E-state index in [1.165, 1.54) is 11.0 Å². The monoisotopic (exact) mass is 307 g/mol. The third-order valence-electron chi connectivity index (χ3n) is 3.24. The summed E-state index contributed by atoms with van der Waals surface area (Å²) in [6.45, 7) is 0.455. The lowest BCUT2D eigenvalue weighted by atomic mass is 10.1. The lowest BCUT2D eigenvalue weighted by Gasteiger charge is -2.31.